The van der Waals surface area contributed by atoms with Crippen LogP contribution in [0.4, 0.5) is 0 Å². The van der Waals surface area contributed by atoms with Crippen molar-refractivity contribution in [1.82, 2.24) is 4.72 Å². The van der Waals surface area contributed by atoms with Crippen LogP contribution in [-0.4, -0.2) is 34.4 Å². The van der Waals surface area contributed by atoms with Crippen molar-refractivity contribution in [1.29, 1.82) is 0 Å². The normalized spacial score (nSPS) is 22.8. The van der Waals surface area contributed by atoms with Crippen LogP contribution in [0, 0.1) is 0 Å². The van der Waals surface area contributed by atoms with Gasteiger partial charge in [0.1, 0.15) is 0 Å². The minimum Gasteiger partial charge on any atom is -0.229 e. The van der Waals surface area contributed by atoms with E-state index in [9.17, 15) is 16.8 Å². The van der Waals surface area contributed by atoms with Gasteiger partial charge in [0.2, 0.25) is 10.0 Å². The summed E-state index contributed by atoms with van der Waals surface area (Å²) in [6.07, 6.45) is 1.81. The van der Waals surface area contributed by atoms with Crippen molar-refractivity contribution in [2.75, 3.05) is 11.5 Å². The lowest BCUT2D eigenvalue weighted by molar-refractivity contribution is 0.571. The van der Waals surface area contributed by atoms with Crippen LogP contribution >= 0.6 is 0 Å². The van der Waals surface area contributed by atoms with Gasteiger partial charge in [-0.25, -0.2) is 21.6 Å². The van der Waals surface area contributed by atoms with Gasteiger partial charge >= 0.3 is 0 Å². The molecule has 7 heteroatoms. The van der Waals surface area contributed by atoms with Gasteiger partial charge in [0.25, 0.3) is 0 Å². The highest BCUT2D eigenvalue weighted by molar-refractivity contribution is 7.93. The Morgan fingerprint density at radius 1 is 1.21 bits per heavy atom. The molecule has 1 aliphatic rings. The Balaban J connectivity index is 2.02. The maximum Gasteiger partial charge on any atom is 0.234 e. The first-order chi connectivity index (χ1) is 8.86. The molecule has 0 aromatic heterocycles. The molecule has 1 aromatic rings. The molecule has 0 saturated carbocycles. The first kappa shape index (κ1) is 14.2. The van der Waals surface area contributed by atoms with E-state index >= 15 is 0 Å². The third-order valence-corrected chi connectivity index (χ3v) is 5.73. The number of rotatable bonds is 4. The molecule has 1 unspecified atom stereocenters. The largest absolute Gasteiger partial charge is 0.234 e. The summed E-state index contributed by atoms with van der Waals surface area (Å²) in [7, 11) is -6.69. The molecule has 5 nitrogen and oxygen atoms in total. The second-order valence-electron chi connectivity index (χ2n) is 4.48. The molecule has 0 spiro atoms. The predicted molar refractivity (Wildman–Crippen MR) is 74.6 cm³/mol. The van der Waals surface area contributed by atoms with Crippen LogP contribution in [-0.2, 0) is 19.9 Å². The number of sulfonamides is 1. The van der Waals surface area contributed by atoms with Crippen LogP contribution in [0.5, 0.6) is 0 Å². The zero-order valence-corrected chi connectivity index (χ0v) is 11.8. The van der Waals surface area contributed by atoms with Crippen LogP contribution in [0.1, 0.15) is 12.0 Å². The van der Waals surface area contributed by atoms with Crippen molar-refractivity contribution in [3.05, 3.63) is 41.3 Å². The fourth-order valence-corrected chi connectivity index (χ4v) is 4.75. The van der Waals surface area contributed by atoms with E-state index in [2.05, 4.69) is 4.72 Å². The van der Waals surface area contributed by atoms with Gasteiger partial charge in [-0.1, -0.05) is 30.3 Å². The fraction of sp³-hybridized carbons (Fsp3) is 0.333. The van der Waals surface area contributed by atoms with Gasteiger partial charge in [0.15, 0.2) is 9.84 Å². The molecule has 1 saturated heterocycles. The first-order valence-corrected chi connectivity index (χ1v) is 9.19. The Morgan fingerprint density at radius 2 is 1.89 bits per heavy atom. The average molecular weight is 301 g/mol. The van der Waals surface area contributed by atoms with Crippen LogP contribution in [0.15, 0.2) is 35.7 Å². The van der Waals surface area contributed by atoms with Crippen molar-refractivity contribution < 1.29 is 16.8 Å². The lowest BCUT2D eigenvalue weighted by Gasteiger charge is -2.08. The van der Waals surface area contributed by atoms with Gasteiger partial charge in [0, 0.05) is 11.4 Å². The van der Waals surface area contributed by atoms with Gasteiger partial charge in [-0.15, -0.1) is 0 Å². The summed E-state index contributed by atoms with van der Waals surface area (Å²) in [5, 5.41) is 1.06. The highest BCUT2D eigenvalue weighted by Gasteiger charge is 2.30. The number of benzene rings is 1. The number of sulfone groups is 1. The quantitative estimate of drug-likeness (QED) is 0.890. The summed E-state index contributed by atoms with van der Waals surface area (Å²) in [6, 6.07) is 8.51. The van der Waals surface area contributed by atoms with Gasteiger partial charge in [0.05, 0.1) is 11.5 Å². The van der Waals surface area contributed by atoms with Gasteiger partial charge < -0.3 is 0 Å². The Kier molecular flexibility index (Phi) is 4.07. The highest BCUT2D eigenvalue weighted by atomic mass is 32.2. The second-order valence-corrected chi connectivity index (χ2v) is 8.30. The second kappa shape index (κ2) is 5.44. The van der Waals surface area contributed by atoms with Gasteiger partial charge in [-0.3, -0.25) is 0 Å². The van der Waals surface area contributed by atoms with Crippen LogP contribution in [0.2, 0.25) is 0 Å². The molecule has 1 atom stereocenters. The topological polar surface area (TPSA) is 80.3 Å². The van der Waals surface area contributed by atoms with Crippen molar-refractivity contribution in [2.24, 2.45) is 0 Å². The van der Waals surface area contributed by atoms with Crippen LogP contribution in [0.25, 0.3) is 6.08 Å². The molecule has 2 rings (SSSR count). The molecular formula is C12H15NO4S2. The molecule has 1 N–H and O–H groups in total. The lowest BCUT2D eigenvalue weighted by atomic mass is 10.2. The van der Waals surface area contributed by atoms with E-state index < -0.39 is 25.9 Å². The maximum absolute atomic E-state index is 11.8. The fourth-order valence-electron chi connectivity index (χ4n) is 1.89. The summed E-state index contributed by atoms with van der Waals surface area (Å²) in [6.45, 7) is 0. The van der Waals surface area contributed by atoms with E-state index in [1.54, 1.807) is 12.1 Å². The molecular weight excluding hydrogens is 286 g/mol. The maximum atomic E-state index is 11.8. The smallest absolute Gasteiger partial charge is 0.229 e. The average Bonchev–Trinajstić information content (AvgIpc) is 2.67. The number of hydrogen-bond acceptors (Lipinski definition) is 4. The molecule has 19 heavy (non-hydrogen) atoms. The van der Waals surface area contributed by atoms with Crippen molar-refractivity contribution in [2.45, 2.75) is 12.5 Å². The SMILES string of the molecule is O=S1(=O)CCC(NS(=O)(=O)/C=C/c2ccccc2)C1. The molecule has 0 amide bonds. The minimum absolute atomic E-state index is 0.0442. The molecule has 0 bridgehead atoms. The van der Waals surface area contributed by atoms with E-state index in [1.165, 1.54) is 6.08 Å². The third kappa shape index (κ3) is 4.45. The molecule has 1 heterocycles. The number of nitrogens with one attached hydrogen (secondary N) is 1. The summed E-state index contributed by atoms with van der Waals surface area (Å²) < 4.78 is 48.5. The van der Waals surface area contributed by atoms with Gasteiger partial charge in [-0.05, 0) is 18.1 Å². The predicted octanol–water partition coefficient (Wildman–Crippen LogP) is 0.764. The van der Waals surface area contributed by atoms with Crippen LogP contribution in [0.3, 0.4) is 0 Å². The summed E-state index contributed by atoms with van der Waals surface area (Å²) in [5.74, 6) is -0.0754. The molecule has 0 aliphatic carbocycles. The van der Waals surface area contributed by atoms with Crippen LogP contribution < -0.4 is 4.72 Å². The Hall–Kier alpha value is -1.18. The van der Waals surface area contributed by atoms with E-state index in [4.69, 9.17) is 0 Å². The van der Waals surface area contributed by atoms with Crippen molar-refractivity contribution in [3.63, 3.8) is 0 Å². The molecule has 104 valence electrons. The molecule has 1 aromatic carbocycles. The van der Waals surface area contributed by atoms with Crippen molar-refractivity contribution in [3.8, 4) is 0 Å². The molecule has 0 radical (unpaired) electrons. The van der Waals surface area contributed by atoms with E-state index in [1.807, 2.05) is 18.2 Å². The van der Waals surface area contributed by atoms with E-state index in [-0.39, 0.29) is 11.5 Å². The number of hydrogen-bond donors (Lipinski definition) is 1. The van der Waals surface area contributed by atoms with Crippen molar-refractivity contribution >= 4 is 25.9 Å². The molecule has 1 aliphatic heterocycles. The zero-order valence-electron chi connectivity index (χ0n) is 10.2. The highest BCUT2D eigenvalue weighted by Crippen LogP contribution is 2.13. The van der Waals surface area contributed by atoms with E-state index in [0.717, 1.165) is 11.0 Å². The standard InChI is InChI=1S/C12H15NO4S2/c14-18(15)8-7-12(10-18)13-19(16,17)9-6-11-4-2-1-3-5-11/h1-6,9,12-13H,7-8,10H2/b9-6+. The summed E-state index contributed by atoms with van der Waals surface area (Å²) >= 11 is 0. The van der Waals surface area contributed by atoms with Gasteiger partial charge in [-0.2, -0.15) is 0 Å². The first-order valence-electron chi connectivity index (χ1n) is 5.82. The monoisotopic (exact) mass is 301 g/mol. The summed E-state index contributed by atoms with van der Waals surface area (Å²) in [4.78, 5) is 0. The third-order valence-electron chi connectivity index (χ3n) is 2.80. The Morgan fingerprint density at radius 3 is 2.47 bits per heavy atom. The minimum atomic E-state index is -3.61. The Bertz CT molecular complexity index is 663. The van der Waals surface area contributed by atoms with E-state index in [0.29, 0.717) is 6.42 Å². The Labute approximate surface area is 113 Å². The zero-order chi connectivity index (χ0) is 13.9. The lowest BCUT2D eigenvalue weighted by Crippen LogP contribution is -2.34. The molecule has 1 fully saturated rings. The summed E-state index contributed by atoms with van der Waals surface area (Å²) in [5.41, 5.74) is 0.770.